The van der Waals surface area contributed by atoms with Crippen molar-refractivity contribution in [2.45, 2.75) is 37.1 Å². The maximum Gasteiger partial charge on any atom is 0.0158 e. The Kier molecular flexibility index (Phi) is 7.06. The van der Waals surface area contributed by atoms with Crippen LogP contribution in [0.1, 0.15) is 24.8 Å². The predicted molar refractivity (Wildman–Crippen MR) is 78.8 cm³/mol. The fourth-order valence-electron chi connectivity index (χ4n) is 1.65. The van der Waals surface area contributed by atoms with Gasteiger partial charge in [0.05, 0.1) is 0 Å². The van der Waals surface area contributed by atoms with E-state index < -0.39 is 0 Å². The Morgan fingerprint density at radius 1 is 1.35 bits per heavy atom. The van der Waals surface area contributed by atoms with Crippen LogP contribution >= 0.6 is 11.8 Å². The van der Waals surface area contributed by atoms with Gasteiger partial charge in [0.1, 0.15) is 0 Å². The third-order valence-corrected chi connectivity index (χ3v) is 4.02. The first-order valence-corrected chi connectivity index (χ1v) is 7.22. The van der Waals surface area contributed by atoms with Crippen LogP contribution in [0.25, 0.3) is 0 Å². The number of nitrogens with one attached hydrogen (secondary N) is 1. The van der Waals surface area contributed by atoms with Gasteiger partial charge in [-0.2, -0.15) is 0 Å². The van der Waals surface area contributed by atoms with Gasteiger partial charge in [-0.15, -0.1) is 18.3 Å². The molecular weight excluding hydrogens is 226 g/mol. The van der Waals surface area contributed by atoms with E-state index in [0.29, 0.717) is 6.04 Å². The molecule has 1 unspecified atom stereocenters. The van der Waals surface area contributed by atoms with Crippen LogP contribution in [0.15, 0.2) is 41.8 Å². The first-order valence-electron chi connectivity index (χ1n) is 6.24. The third-order valence-electron chi connectivity index (χ3n) is 2.84. The summed E-state index contributed by atoms with van der Waals surface area (Å²) >= 11 is 1.93. The molecule has 1 nitrogen and oxygen atoms in total. The Morgan fingerprint density at radius 3 is 2.65 bits per heavy atom. The number of hydrogen-bond donors (Lipinski definition) is 1. The monoisotopic (exact) mass is 249 g/mol. The molecule has 1 N–H and O–H groups in total. The molecule has 0 spiro atoms. The second-order valence-electron chi connectivity index (χ2n) is 4.33. The Bertz CT molecular complexity index is 318. The predicted octanol–water partition coefficient (Wildman–Crippen LogP) is 4.03. The highest BCUT2D eigenvalue weighted by Crippen LogP contribution is 2.20. The van der Waals surface area contributed by atoms with Gasteiger partial charge in [-0.3, -0.25) is 0 Å². The van der Waals surface area contributed by atoms with Crippen molar-refractivity contribution in [2.24, 2.45) is 0 Å². The number of allylic oxidation sites excluding steroid dienone is 1. The fourth-order valence-corrected chi connectivity index (χ4v) is 2.71. The minimum Gasteiger partial charge on any atom is -0.316 e. The third kappa shape index (κ3) is 5.94. The molecule has 1 rings (SSSR count). The molecule has 0 fully saturated rings. The molecule has 0 amide bonds. The van der Waals surface area contributed by atoms with Gasteiger partial charge in [-0.05, 0) is 45.4 Å². The molecule has 0 aliphatic rings. The van der Waals surface area contributed by atoms with Gasteiger partial charge in [-0.1, -0.05) is 23.8 Å². The zero-order chi connectivity index (χ0) is 12.5. The molecule has 0 aromatic heterocycles. The highest BCUT2D eigenvalue weighted by Gasteiger charge is 2.05. The van der Waals surface area contributed by atoms with E-state index in [-0.39, 0.29) is 0 Å². The lowest BCUT2D eigenvalue weighted by Crippen LogP contribution is -2.27. The number of rotatable bonds is 8. The van der Waals surface area contributed by atoms with E-state index in [1.807, 2.05) is 24.9 Å². The first kappa shape index (κ1) is 14.3. The Hall–Kier alpha value is -0.730. The minimum atomic E-state index is 0.598. The van der Waals surface area contributed by atoms with Crippen LogP contribution in [0.3, 0.4) is 0 Å². The van der Waals surface area contributed by atoms with Crippen molar-refractivity contribution >= 4 is 11.8 Å². The van der Waals surface area contributed by atoms with Crippen LogP contribution in [0.2, 0.25) is 0 Å². The van der Waals surface area contributed by atoms with E-state index in [0.717, 1.165) is 12.2 Å². The molecule has 0 radical (unpaired) electrons. The molecule has 0 heterocycles. The molecule has 1 atom stereocenters. The summed E-state index contributed by atoms with van der Waals surface area (Å²) in [6.45, 7) is 5.88. The summed E-state index contributed by atoms with van der Waals surface area (Å²) < 4.78 is 0. The van der Waals surface area contributed by atoms with Gasteiger partial charge in [-0.25, -0.2) is 0 Å². The summed E-state index contributed by atoms with van der Waals surface area (Å²) in [5.41, 5.74) is 1.32. The normalized spacial score (nSPS) is 12.4. The maximum absolute atomic E-state index is 3.76. The topological polar surface area (TPSA) is 12.0 Å². The highest BCUT2D eigenvalue weighted by atomic mass is 32.2. The van der Waals surface area contributed by atoms with Crippen LogP contribution in [-0.4, -0.2) is 18.8 Å². The molecule has 94 valence electrons. The van der Waals surface area contributed by atoms with Crippen LogP contribution < -0.4 is 5.32 Å². The lowest BCUT2D eigenvalue weighted by molar-refractivity contribution is 0.552. The quantitative estimate of drug-likeness (QED) is 0.424. The van der Waals surface area contributed by atoms with Crippen molar-refractivity contribution in [1.82, 2.24) is 5.32 Å². The summed E-state index contributed by atoms with van der Waals surface area (Å²) in [5, 5.41) is 3.39. The lowest BCUT2D eigenvalue weighted by atomic mass is 10.1. The summed E-state index contributed by atoms with van der Waals surface area (Å²) in [7, 11) is 2.05. The number of benzene rings is 1. The van der Waals surface area contributed by atoms with Crippen LogP contribution in [0.5, 0.6) is 0 Å². The van der Waals surface area contributed by atoms with Gasteiger partial charge in [0, 0.05) is 16.7 Å². The first-order chi connectivity index (χ1) is 8.26. The number of thioether (sulfide) groups is 1. The van der Waals surface area contributed by atoms with Crippen LogP contribution in [0, 0.1) is 6.92 Å². The van der Waals surface area contributed by atoms with Crippen molar-refractivity contribution in [3.63, 3.8) is 0 Å². The number of aryl methyl sites for hydroxylation is 1. The van der Waals surface area contributed by atoms with Crippen LogP contribution in [-0.2, 0) is 0 Å². The van der Waals surface area contributed by atoms with E-state index in [9.17, 15) is 0 Å². The number of unbranched alkanes of at least 4 members (excludes halogenated alkanes) is 1. The maximum atomic E-state index is 3.76. The summed E-state index contributed by atoms with van der Waals surface area (Å²) in [5.74, 6) is 1.14. The van der Waals surface area contributed by atoms with E-state index in [1.54, 1.807) is 0 Å². The zero-order valence-electron chi connectivity index (χ0n) is 10.9. The molecule has 0 bridgehead atoms. The average Bonchev–Trinajstić information content (AvgIpc) is 2.35. The largest absolute Gasteiger partial charge is 0.316 e. The summed E-state index contributed by atoms with van der Waals surface area (Å²) in [6, 6.07) is 9.36. The fraction of sp³-hybridized carbons (Fsp3) is 0.467. The van der Waals surface area contributed by atoms with Gasteiger partial charge >= 0.3 is 0 Å². The molecule has 0 aliphatic carbocycles. The molecule has 0 saturated carbocycles. The van der Waals surface area contributed by atoms with Gasteiger partial charge in [0.25, 0.3) is 0 Å². The summed E-state index contributed by atoms with van der Waals surface area (Å²) in [4.78, 5) is 1.36. The SMILES string of the molecule is C=CCCCC(CSc1ccc(C)cc1)NC. The second kappa shape index (κ2) is 8.37. The van der Waals surface area contributed by atoms with Gasteiger partial charge < -0.3 is 5.32 Å². The van der Waals surface area contributed by atoms with Crippen molar-refractivity contribution in [3.8, 4) is 0 Å². The van der Waals surface area contributed by atoms with Gasteiger partial charge in [0.2, 0.25) is 0 Å². The number of hydrogen-bond acceptors (Lipinski definition) is 2. The Balaban J connectivity index is 2.31. The highest BCUT2D eigenvalue weighted by molar-refractivity contribution is 7.99. The zero-order valence-corrected chi connectivity index (χ0v) is 11.7. The molecular formula is C15H23NS. The van der Waals surface area contributed by atoms with Crippen molar-refractivity contribution in [3.05, 3.63) is 42.5 Å². The Labute approximate surface area is 110 Å². The van der Waals surface area contributed by atoms with Crippen molar-refractivity contribution < 1.29 is 0 Å². The molecule has 1 aromatic carbocycles. The van der Waals surface area contributed by atoms with E-state index in [1.165, 1.54) is 23.3 Å². The van der Waals surface area contributed by atoms with Gasteiger partial charge in [0.15, 0.2) is 0 Å². The standard InChI is InChI=1S/C15H23NS/c1-4-5-6-7-14(16-3)12-17-15-10-8-13(2)9-11-15/h4,8-11,14,16H,1,5-7,12H2,2-3H3. The summed E-state index contributed by atoms with van der Waals surface area (Å²) in [6.07, 6.45) is 5.57. The molecule has 2 heteroatoms. The minimum absolute atomic E-state index is 0.598. The van der Waals surface area contributed by atoms with E-state index in [2.05, 4.69) is 43.1 Å². The smallest absolute Gasteiger partial charge is 0.0158 e. The van der Waals surface area contributed by atoms with Crippen LogP contribution in [0.4, 0.5) is 0 Å². The molecule has 0 aliphatic heterocycles. The molecule has 1 aromatic rings. The van der Waals surface area contributed by atoms with E-state index >= 15 is 0 Å². The molecule has 0 saturated heterocycles. The molecule has 17 heavy (non-hydrogen) atoms. The lowest BCUT2D eigenvalue weighted by Gasteiger charge is -2.15. The van der Waals surface area contributed by atoms with Crippen molar-refractivity contribution in [2.75, 3.05) is 12.8 Å². The second-order valence-corrected chi connectivity index (χ2v) is 5.42. The average molecular weight is 249 g/mol. The Morgan fingerprint density at radius 2 is 2.06 bits per heavy atom. The van der Waals surface area contributed by atoms with E-state index in [4.69, 9.17) is 0 Å². The van der Waals surface area contributed by atoms with Crippen molar-refractivity contribution in [1.29, 1.82) is 0 Å².